The van der Waals surface area contributed by atoms with Crippen LogP contribution in [0.3, 0.4) is 0 Å². The molecule has 0 saturated heterocycles. The summed E-state index contributed by atoms with van der Waals surface area (Å²) in [6, 6.07) is 14.3. The van der Waals surface area contributed by atoms with Gasteiger partial charge in [0.15, 0.2) is 5.54 Å². The van der Waals surface area contributed by atoms with Gasteiger partial charge in [0, 0.05) is 20.7 Å². The fourth-order valence-corrected chi connectivity index (χ4v) is 2.64. The van der Waals surface area contributed by atoms with Crippen LogP contribution in [-0.2, 0) is 10.3 Å². The number of anilines is 1. The number of aliphatic carboxylic acids is 1. The summed E-state index contributed by atoms with van der Waals surface area (Å²) >= 11 is 9.54. The van der Waals surface area contributed by atoms with Crippen molar-refractivity contribution >= 4 is 39.2 Å². The molecule has 0 radical (unpaired) electrons. The lowest BCUT2D eigenvalue weighted by molar-refractivity contribution is -0.142. The van der Waals surface area contributed by atoms with Gasteiger partial charge in [0.1, 0.15) is 0 Å². The minimum absolute atomic E-state index is 0.414. The van der Waals surface area contributed by atoms with E-state index in [1.54, 1.807) is 31.2 Å². The molecule has 20 heavy (non-hydrogen) atoms. The van der Waals surface area contributed by atoms with E-state index in [0.717, 1.165) is 4.47 Å². The summed E-state index contributed by atoms with van der Waals surface area (Å²) in [6.07, 6.45) is 0. The summed E-state index contributed by atoms with van der Waals surface area (Å²) in [5.74, 6) is -0.999. The molecule has 2 rings (SSSR count). The summed E-state index contributed by atoms with van der Waals surface area (Å²) in [5.41, 5.74) is -0.107. The van der Waals surface area contributed by atoms with Crippen molar-refractivity contribution in [1.29, 1.82) is 0 Å². The number of halogens is 2. The summed E-state index contributed by atoms with van der Waals surface area (Å²) in [5, 5.41) is 13.1. The van der Waals surface area contributed by atoms with Crippen molar-refractivity contribution in [2.45, 2.75) is 12.5 Å². The lowest BCUT2D eigenvalue weighted by atomic mass is 9.91. The minimum atomic E-state index is -1.32. The first-order chi connectivity index (χ1) is 9.45. The molecule has 0 aromatic heterocycles. The Labute approximate surface area is 130 Å². The van der Waals surface area contributed by atoms with E-state index >= 15 is 0 Å². The Morgan fingerprint density at radius 3 is 2.40 bits per heavy atom. The van der Waals surface area contributed by atoms with Crippen molar-refractivity contribution in [3.63, 3.8) is 0 Å². The number of carboxylic acids is 1. The Morgan fingerprint density at radius 1 is 1.20 bits per heavy atom. The highest BCUT2D eigenvalue weighted by Crippen LogP contribution is 2.34. The molecular weight excluding hydrogens is 342 g/mol. The van der Waals surface area contributed by atoms with E-state index in [9.17, 15) is 9.90 Å². The lowest BCUT2D eigenvalue weighted by Gasteiger charge is -2.29. The largest absolute Gasteiger partial charge is 0.479 e. The highest BCUT2D eigenvalue weighted by atomic mass is 79.9. The molecule has 0 saturated carbocycles. The number of rotatable bonds is 4. The maximum Gasteiger partial charge on any atom is 0.333 e. The van der Waals surface area contributed by atoms with E-state index in [1.165, 1.54) is 0 Å². The van der Waals surface area contributed by atoms with Crippen molar-refractivity contribution in [3.8, 4) is 0 Å². The molecule has 0 spiro atoms. The molecule has 0 fully saturated rings. The quantitative estimate of drug-likeness (QED) is 0.849. The van der Waals surface area contributed by atoms with E-state index in [-0.39, 0.29) is 0 Å². The van der Waals surface area contributed by atoms with E-state index < -0.39 is 11.5 Å². The number of nitrogens with one attached hydrogen (secondary N) is 1. The van der Waals surface area contributed by atoms with Gasteiger partial charge in [-0.15, -0.1) is 0 Å². The summed E-state index contributed by atoms with van der Waals surface area (Å²) in [7, 11) is 0. The second-order valence-corrected chi connectivity index (χ2v) is 5.78. The van der Waals surface area contributed by atoms with Crippen LogP contribution in [0.4, 0.5) is 5.69 Å². The van der Waals surface area contributed by atoms with Crippen LogP contribution in [0.5, 0.6) is 0 Å². The molecule has 5 heteroatoms. The first kappa shape index (κ1) is 14.9. The molecule has 2 aromatic rings. The molecule has 0 aliphatic rings. The van der Waals surface area contributed by atoms with Gasteiger partial charge < -0.3 is 10.4 Å². The zero-order valence-electron chi connectivity index (χ0n) is 10.7. The zero-order valence-corrected chi connectivity index (χ0v) is 13.1. The van der Waals surface area contributed by atoms with Crippen LogP contribution in [0.25, 0.3) is 0 Å². The van der Waals surface area contributed by atoms with Gasteiger partial charge in [-0.1, -0.05) is 41.9 Å². The van der Waals surface area contributed by atoms with E-state index in [1.807, 2.05) is 24.3 Å². The Hall–Kier alpha value is -1.52. The minimum Gasteiger partial charge on any atom is -0.479 e. The van der Waals surface area contributed by atoms with Crippen LogP contribution in [0.15, 0.2) is 53.0 Å². The molecule has 0 bridgehead atoms. The molecule has 3 nitrogen and oxygen atoms in total. The van der Waals surface area contributed by atoms with Crippen molar-refractivity contribution in [2.24, 2.45) is 0 Å². The Morgan fingerprint density at radius 2 is 1.80 bits per heavy atom. The van der Waals surface area contributed by atoms with Crippen LogP contribution in [0.2, 0.25) is 5.02 Å². The van der Waals surface area contributed by atoms with Crippen LogP contribution in [0.1, 0.15) is 12.5 Å². The number of hydrogen-bond acceptors (Lipinski definition) is 2. The first-order valence-electron chi connectivity index (χ1n) is 5.96. The van der Waals surface area contributed by atoms with Crippen LogP contribution >= 0.6 is 27.5 Å². The third-order valence-electron chi connectivity index (χ3n) is 3.10. The summed E-state index contributed by atoms with van der Waals surface area (Å²) in [4.78, 5) is 11.8. The normalized spacial score (nSPS) is 13.6. The van der Waals surface area contributed by atoms with Crippen LogP contribution in [-0.4, -0.2) is 11.1 Å². The monoisotopic (exact) mass is 353 g/mol. The number of carboxylic acid groups (broad SMARTS) is 1. The van der Waals surface area contributed by atoms with E-state index in [0.29, 0.717) is 16.3 Å². The van der Waals surface area contributed by atoms with Crippen molar-refractivity contribution < 1.29 is 9.90 Å². The smallest absolute Gasteiger partial charge is 0.333 e. The summed E-state index contributed by atoms with van der Waals surface area (Å²) < 4.78 is 0.791. The zero-order chi connectivity index (χ0) is 14.8. The molecule has 0 aliphatic carbocycles. The lowest BCUT2D eigenvalue weighted by Crippen LogP contribution is -2.40. The predicted octanol–water partition coefficient (Wildman–Crippen LogP) is 4.51. The SMILES string of the molecule is CC(Nc1ccccc1Br)(C(=O)O)c1ccccc1Cl. The van der Waals surface area contributed by atoms with Gasteiger partial charge in [-0.05, 0) is 41.1 Å². The van der Waals surface area contributed by atoms with Gasteiger partial charge in [0.05, 0.1) is 0 Å². The molecule has 0 amide bonds. The molecule has 0 heterocycles. The van der Waals surface area contributed by atoms with Crippen molar-refractivity contribution in [3.05, 3.63) is 63.6 Å². The number of benzene rings is 2. The first-order valence-corrected chi connectivity index (χ1v) is 7.13. The second kappa shape index (κ2) is 5.85. The van der Waals surface area contributed by atoms with Gasteiger partial charge in [-0.3, -0.25) is 0 Å². The summed E-state index contributed by atoms with van der Waals surface area (Å²) in [6.45, 7) is 1.59. The maximum absolute atomic E-state index is 11.8. The molecular formula is C15H13BrClNO2. The van der Waals surface area contributed by atoms with Crippen LogP contribution in [0, 0.1) is 0 Å². The topological polar surface area (TPSA) is 49.3 Å². The van der Waals surface area contributed by atoms with E-state index in [2.05, 4.69) is 21.2 Å². The fraction of sp³-hybridized carbons (Fsp3) is 0.133. The number of hydrogen-bond donors (Lipinski definition) is 2. The van der Waals surface area contributed by atoms with Crippen molar-refractivity contribution in [2.75, 3.05) is 5.32 Å². The molecule has 1 unspecified atom stereocenters. The Kier molecular flexibility index (Phi) is 4.35. The van der Waals surface area contributed by atoms with Gasteiger partial charge in [0.25, 0.3) is 0 Å². The standard InChI is InChI=1S/C15H13BrClNO2/c1-15(14(19)20,10-6-2-4-8-12(10)17)18-13-9-5-3-7-11(13)16/h2-9,18H,1H3,(H,19,20). The van der Waals surface area contributed by atoms with E-state index in [4.69, 9.17) is 11.6 Å². The molecule has 0 aliphatic heterocycles. The van der Waals surface area contributed by atoms with Gasteiger partial charge in [-0.2, -0.15) is 0 Å². The highest BCUT2D eigenvalue weighted by molar-refractivity contribution is 9.10. The fourth-order valence-electron chi connectivity index (χ4n) is 1.93. The Bertz CT molecular complexity index is 647. The third-order valence-corrected chi connectivity index (χ3v) is 4.12. The number of para-hydroxylation sites is 1. The average Bonchev–Trinajstić information content (AvgIpc) is 2.41. The van der Waals surface area contributed by atoms with Gasteiger partial charge >= 0.3 is 5.97 Å². The molecule has 2 aromatic carbocycles. The van der Waals surface area contributed by atoms with Gasteiger partial charge in [-0.25, -0.2) is 4.79 Å². The molecule has 104 valence electrons. The van der Waals surface area contributed by atoms with Crippen LogP contribution < -0.4 is 5.32 Å². The highest BCUT2D eigenvalue weighted by Gasteiger charge is 2.37. The molecule has 1 atom stereocenters. The Balaban J connectivity index is 2.49. The maximum atomic E-state index is 11.8. The molecule has 2 N–H and O–H groups in total. The average molecular weight is 355 g/mol. The third kappa shape index (κ3) is 2.81. The second-order valence-electron chi connectivity index (χ2n) is 4.51. The van der Waals surface area contributed by atoms with Gasteiger partial charge in [0.2, 0.25) is 0 Å². The number of carbonyl (C=O) groups is 1. The van der Waals surface area contributed by atoms with Crippen molar-refractivity contribution in [1.82, 2.24) is 0 Å². The predicted molar refractivity (Wildman–Crippen MR) is 84.2 cm³/mol.